The van der Waals surface area contributed by atoms with Crippen molar-refractivity contribution in [3.05, 3.63) is 41.7 Å². The lowest BCUT2D eigenvalue weighted by Crippen LogP contribution is -1.92. The van der Waals surface area contributed by atoms with E-state index < -0.39 is 0 Å². The van der Waals surface area contributed by atoms with E-state index in [1.165, 1.54) is 0 Å². The minimum Gasteiger partial charge on any atom is -0.496 e. The van der Waals surface area contributed by atoms with Crippen molar-refractivity contribution in [3.63, 3.8) is 0 Å². The molecule has 3 nitrogen and oxygen atoms in total. The molecule has 0 saturated heterocycles. The minimum atomic E-state index is 0.426. The maximum Gasteiger partial charge on any atom is 0.134 e. The molecule has 2 rings (SSSR count). The fourth-order valence-electron chi connectivity index (χ4n) is 1.67. The van der Waals surface area contributed by atoms with Crippen LogP contribution < -0.4 is 10.5 Å². The Kier molecular flexibility index (Phi) is 2.97. The van der Waals surface area contributed by atoms with Crippen molar-refractivity contribution in [1.82, 2.24) is 0 Å². The van der Waals surface area contributed by atoms with Gasteiger partial charge >= 0.3 is 0 Å². The number of hydrogen-bond acceptors (Lipinski definition) is 3. The highest BCUT2D eigenvalue weighted by atomic mass is 16.5. The second-order valence-corrected chi connectivity index (χ2v) is 3.65. The molecular weight excluding hydrogens is 202 g/mol. The SMILES string of the molecule is COc1ccc(-c2ccc(CN)o2)cc1C. The summed E-state index contributed by atoms with van der Waals surface area (Å²) in [6.07, 6.45) is 0. The zero-order valence-corrected chi connectivity index (χ0v) is 9.49. The predicted molar refractivity (Wildman–Crippen MR) is 63.3 cm³/mol. The first kappa shape index (κ1) is 10.8. The summed E-state index contributed by atoms with van der Waals surface area (Å²) in [4.78, 5) is 0. The van der Waals surface area contributed by atoms with E-state index >= 15 is 0 Å². The predicted octanol–water partition coefficient (Wildman–Crippen LogP) is 2.72. The summed E-state index contributed by atoms with van der Waals surface area (Å²) >= 11 is 0. The first-order valence-corrected chi connectivity index (χ1v) is 5.18. The maximum absolute atomic E-state index is 5.58. The van der Waals surface area contributed by atoms with Crippen LogP contribution in [0.2, 0.25) is 0 Å². The average molecular weight is 217 g/mol. The molecule has 16 heavy (non-hydrogen) atoms. The first-order valence-electron chi connectivity index (χ1n) is 5.18. The van der Waals surface area contributed by atoms with Gasteiger partial charge in [0, 0.05) is 5.56 Å². The number of ether oxygens (including phenoxy) is 1. The minimum absolute atomic E-state index is 0.426. The topological polar surface area (TPSA) is 48.4 Å². The fraction of sp³-hybridized carbons (Fsp3) is 0.231. The zero-order chi connectivity index (χ0) is 11.5. The zero-order valence-electron chi connectivity index (χ0n) is 9.49. The Labute approximate surface area is 94.8 Å². The largest absolute Gasteiger partial charge is 0.496 e. The molecule has 0 radical (unpaired) electrons. The molecule has 0 atom stereocenters. The summed E-state index contributed by atoms with van der Waals surface area (Å²) in [5, 5.41) is 0. The molecule has 0 unspecified atom stereocenters. The number of benzene rings is 1. The molecule has 1 aromatic carbocycles. The molecule has 0 aliphatic heterocycles. The van der Waals surface area contributed by atoms with E-state index in [0.29, 0.717) is 6.54 Å². The molecule has 84 valence electrons. The van der Waals surface area contributed by atoms with Gasteiger partial charge in [0.05, 0.1) is 13.7 Å². The fourth-order valence-corrected chi connectivity index (χ4v) is 1.67. The van der Waals surface area contributed by atoms with E-state index in [1.807, 2.05) is 37.3 Å². The third kappa shape index (κ3) is 1.95. The summed E-state index contributed by atoms with van der Waals surface area (Å²) in [7, 11) is 1.67. The second-order valence-electron chi connectivity index (χ2n) is 3.65. The van der Waals surface area contributed by atoms with Crippen LogP contribution >= 0.6 is 0 Å². The first-order chi connectivity index (χ1) is 7.74. The Morgan fingerprint density at radius 1 is 1.25 bits per heavy atom. The van der Waals surface area contributed by atoms with Crippen molar-refractivity contribution in [2.24, 2.45) is 5.73 Å². The van der Waals surface area contributed by atoms with Crippen molar-refractivity contribution < 1.29 is 9.15 Å². The van der Waals surface area contributed by atoms with Gasteiger partial charge in [-0.2, -0.15) is 0 Å². The smallest absolute Gasteiger partial charge is 0.134 e. The van der Waals surface area contributed by atoms with Crippen molar-refractivity contribution >= 4 is 0 Å². The lowest BCUT2D eigenvalue weighted by atomic mass is 10.1. The Morgan fingerprint density at radius 3 is 2.62 bits per heavy atom. The molecule has 0 saturated carbocycles. The van der Waals surface area contributed by atoms with Crippen LogP contribution in [0, 0.1) is 6.92 Å². The third-order valence-corrected chi connectivity index (χ3v) is 2.54. The molecule has 0 bridgehead atoms. The van der Waals surface area contributed by atoms with Gasteiger partial charge in [0.1, 0.15) is 17.3 Å². The van der Waals surface area contributed by atoms with Gasteiger partial charge in [-0.05, 0) is 42.8 Å². The Balaban J connectivity index is 2.37. The normalized spacial score (nSPS) is 10.4. The summed E-state index contributed by atoms with van der Waals surface area (Å²) in [5.41, 5.74) is 7.63. The van der Waals surface area contributed by atoms with Crippen LogP contribution in [0.3, 0.4) is 0 Å². The lowest BCUT2D eigenvalue weighted by Gasteiger charge is -2.05. The van der Waals surface area contributed by atoms with Crippen LogP contribution in [-0.2, 0) is 6.54 Å². The monoisotopic (exact) mass is 217 g/mol. The number of nitrogens with two attached hydrogens (primary N) is 1. The van der Waals surface area contributed by atoms with E-state index in [-0.39, 0.29) is 0 Å². The van der Waals surface area contributed by atoms with Crippen LogP contribution in [0.4, 0.5) is 0 Å². The van der Waals surface area contributed by atoms with Gasteiger partial charge in [-0.15, -0.1) is 0 Å². The molecule has 0 amide bonds. The van der Waals surface area contributed by atoms with E-state index in [1.54, 1.807) is 7.11 Å². The molecule has 0 aliphatic carbocycles. The molecule has 2 aromatic rings. The lowest BCUT2D eigenvalue weighted by molar-refractivity contribution is 0.411. The van der Waals surface area contributed by atoms with Gasteiger partial charge in [0.15, 0.2) is 0 Å². The molecule has 1 heterocycles. The Morgan fingerprint density at radius 2 is 2.06 bits per heavy atom. The Hall–Kier alpha value is -1.74. The number of aryl methyl sites for hydroxylation is 1. The van der Waals surface area contributed by atoms with Gasteiger partial charge in [-0.25, -0.2) is 0 Å². The van der Waals surface area contributed by atoms with Crippen molar-refractivity contribution in [3.8, 4) is 17.1 Å². The van der Waals surface area contributed by atoms with Gasteiger partial charge in [-0.1, -0.05) is 0 Å². The van der Waals surface area contributed by atoms with Gasteiger partial charge in [0.2, 0.25) is 0 Å². The Bertz CT molecular complexity index is 488. The van der Waals surface area contributed by atoms with Crippen LogP contribution in [-0.4, -0.2) is 7.11 Å². The van der Waals surface area contributed by atoms with Crippen LogP contribution in [0.1, 0.15) is 11.3 Å². The van der Waals surface area contributed by atoms with E-state index in [4.69, 9.17) is 14.9 Å². The second kappa shape index (κ2) is 4.41. The molecule has 0 aliphatic rings. The van der Waals surface area contributed by atoms with E-state index in [0.717, 1.165) is 28.4 Å². The molecular formula is C13H15NO2. The molecule has 3 heteroatoms. The molecule has 0 spiro atoms. The third-order valence-electron chi connectivity index (χ3n) is 2.54. The van der Waals surface area contributed by atoms with Gasteiger partial charge < -0.3 is 14.9 Å². The summed E-state index contributed by atoms with van der Waals surface area (Å²) in [5.74, 6) is 2.52. The summed E-state index contributed by atoms with van der Waals surface area (Å²) in [6, 6.07) is 9.79. The van der Waals surface area contributed by atoms with Crippen LogP contribution in [0.25, 0.3) is 11.3 Å². The van der Waals surface area contributed by atoms with Crippen LogP contribution in [0.5, 0.6) is 5.75 Å². The van der Waals surface area contributed by atoms with Crippen molar-refractivity contribution in [2.45, 2.75) is 13.5 Å². The molecule has 2 N–H and O–H groups in total. The van der Waals surface area contributed by atoms with Crippen molar-refractivity contribution in [1.29, 1.82) is 0 Å². The number of rotatable bonds is 3. The van der Waals surface area contributed by atoms with Gasteiger partial charge in [-0.3, -0.25) is 0 Å². The summed E-state index contributed by atoms with van der Waals surface area (Å²) in [6.45, 7) is 2.43. The maximum atomic E-state index is 5.58. The number of hydrogen-bond donors (Lipinski definition) is 1. The summed E-state index contributed by atoms with van der Waals surface area (Å²) < 4.78 is 10.8. The molecule has 1 aromatic heterocycles. The highest BCUT2D eigenvalue weighted by Crippen LogP contribution is 2.27. The quantitative estimate of drug-likeness (QED) is 0.859. The number of furan rings is 1. The standard InChI is InChI=1S/C13H15NO2/c1-9-7-10(3-5-12(9)15-2)13-6-4-11(8-14)16-13/h3-7H,8,14H2,1-2H3. The highest BCUT2D eigenvalue weighted by molar-refractivity contribution is 5.60. The molecule has 0 fully saturated rings. The van der Waals surface area contributed by atoms with Gasteiger partial charge in [0.25, 0.3) is 0 Å². The van der Waals surface area contributed by atoms with Crippen LogP contribution in [0.15, 0.2) is 34.7 Å². The van der Waals surface area contributed by atoms with E-state index in [9.17, 15) is 0 Å². The average Bonchev–Trinajstić information content (AvgIpc) is 2.77. The highest BCUT2D eigenvalue weighted by Gasteiger charge is 2.06. The number of methoxy groups -OCH3 is 1. The van der Waals surface area contributed by atoms with E-state index in [2.05, 4.69) is 0 Å². The van der Waals surface area contributed by atoms with Crippen molar-refractivity contribution in [2.75, 3.05) is 7.11 Å².